The van der Waals surface area contributed by atoms with Crippen molar-refractivity contribution in [3.05, 3.63) is 60.7 Å². The van der Waals surface area contributed by atoms with E-state index < -0.39 is 16.0 Å². The molecule has 0 amide bonds. The second-order valence-electron chi connectivity index (χ2n) is 4.15. The molecule has 0 radical (unpaired) electrons. The van der Waals surface area contributed by atoms with Gasteiger partial charge in [0, 0.05) is 0 Å². The van der Waals surface area contributed by atoms with E-state index in [0.29, 0.717) is 0 Å². The molecule has 0 spiro atoms. The predicted octanol–water partition coefficient (Wildman–Crippen LogP) is 2.69. The zero-order chi connectivity index (χ0) is 10.5. The van der Waals surface area contributed by atoms with Gasteiger partial charge in [0.2, 0.25) is 0 Å². The maximum absolute atomic E-state index is 2.33. The van der Waals surface area contributed by atoms with Crippen LogP contribution >= 0.6 is 0 Å². The van der Waals surface area contributed by atoms with Crippen LogP contribution in [0.3, 0.4) is 0 Å². The minimum absolute atomic E-state index is 1.36. The van der Waals surface area contributed by atoms with Crippen molar-refractivity contribution >= 4 is 8.32 Å². The van der Waals surface area contributed by atoms with E-state index in [1.54, 1.807) is 8.32 Å². The normalized spacial score (nSPS) is 9.93. The van der Waals surface area contributed by atoms with Gasteiger partial charge in [0.25, 0.3) is 0 Å². The maximum atomic E-state index is 2.33. The van der Waals surface area contributed by atoms with Crippen molar-refractivity contribution in [1.82, 2.24) is 0 Å². The van der Waals surface area contributed by atoms with Crippen LogP contribution < -0.4 is 8.32 Å². The van der Waals surface area contributed by atoms with E-state index in [1.165, 1.54) is 5.02 Å². The van der Waals surface area contributed by atoms with Crippen LogP contribution in [0, 0.1) is 0 Å². The molecule has 0 atom stereocenters. The van der Waals surface area contributed by atoms with Gasteiger partial charge in [-0.3, -0.25) is 0 Å². The third-order valence-electron chi connectivity index (χ3n) is 3.17. The molecular formula is C14H15Zn. The number of hydrogen-bond acceptors (Lipinski definition) is 0. The summed E-state index contributed by atoms with van der Waals surface area (Å²) in [6, 6.07) is 22.1. The van der Waals surface area contributed by atoms with Crippen LogP contribution in [-0.4, -0.2) is 0 Å². The molecule has 2 aromatic rings. The van der Waals surface area contributed by atoms with Crippen molar-refractivity contribution < 1.29 is 16.0 Å². The minimum atomic E-state index is -1.66. The van der Waals surface area contributed by atoms with Gasteiger partial charge in [-0.25, -0.2) is 0 Å². The summed E-state index contributed by atoms with van der Waals surface area (Å²) in [5, 5.41) is 1.36. The van der Waals surface area contributed by atoms with Gasteiger partial charge in [-0.15, -0.1) is 0 Å². The summed E-state index contributed by atoms with van der Waals surface area (Å²) >= 11 is -1.66. The summed E-state index contributed by atoms with van der Waals surface area (Å²) < 4.78 is 3.23. The summed E-state index contributed by atoms with van der Waals surface area (Å²) in [6.07, 6.45) is 0. The number of hydrogen-bond donors (Lipinski definition) is 0. The van der Waals surface area contributed by atoms with E-state index in [9.17, 15) is 0 Å². The third-order valence-corrected chi connectivity index (χ3v) is 11.4. The third kappa shape index (κ3) is 2.55. The molecular weight excluding hydrogens is 234 g/mol. The second kappa shape index (κ2) is 5.23. The van der Waals surface area contributed by atoms with Gasteiger partial charge in [0.1, 0.15) is 0 Å². The van der Waals surface area contributed by atoms with Crippen LogP contribution in [0.2, 0.25) is 5.02 Å². The quantitative estimate of drug-likeness (QED) is 0.733. The molecule has 0 heterocycles. The van der Waals surface area contributed by atoms with Crippen molar-refractivity contribution in [2.45, 2.75) is 11.9 Å². The molecule has 0 N–H and O–H groups in total. The molecule has 0 fully saturated rings. The van der Waals surface area contributed by atoms with Gasteiger partial charge in [-0.2, -0.15) is 0 Å². The van der Waals surface area contributed by atoms with Gasteiger partial charge in [0.05, 0.1) is 0 Å². The Hall–Kier alpha value is -0.937. The van der Waals surface area contributed by atoms with Crippen LogP contribution in [0.1, 0.15) is 6.92 Å². The monoisotopic (exact) mass is 247 g/mol. The summed E-state index contributed by atoms with van der Waals surface area (Å²) in [5.74, 6) is 0. The molecule has 2 aromatic carbocycles. The zero-order valence-electron chi connectivity index (χ0n) is 9.19. The van der Waals surface area contributed by atoms with Gasteiger partial charge in [0.15, 0.2) is 0 Å². The molecule has 0 unspecified atom stereocenters. The number of rotatable bonds is 3. The Bertz CT molecular complexity index is 355. The van der Waals surface area contributed by atoms with Crippen molar-refractivity contribution in [3.8, 4) is 0 Å². The molecule has 0 aromatic heterocycles. The Morgan fingerprint density at radius 3 is 1.47 bits per heavy atom. The first-order chi connectivity index (χ1) is 7.42. The molecule has 0 aliphatic carbocycles. The molecule has 0 aliphatic heterocycles. The average molecular weight is 249 g/mol. The first kappa shape index (κ1) is 10.6. The fraction of sp³-hybridized carbons (Fsp3) is 0.143. The molecule has 0 bridgehead atoms. The Morgan fingerprint density at radius 2 is 1.13 bits per heavy atom. The topological polar surface area (TPSA) is 0 Å². The SMILES string of the molecule is C[CH2][Zn]([c]1ccccc1)[c]1ccccc1. The predicted molar refractivity (Wildman–Crippen MR) is 62.6 cm³/mol. The number of benzene rings is 2. The molecule has 2 rings (SSSR count). The van der Waals surface area contributed by atoms with Gasteiger partial charge in [-0.1, -0.05) is 0 Å². The standard InChI is InChI=1S/2C6H5.C2H5.Zn/c2*1-2-4-6-5-3-1;1-2;/h2*1-5H;1H2,2H3;. The summed E-state index contributed by atoms with van der Waals surface area (Å²) in [6.45, 7) is 2.33. The Morgan fingerprint density at radius 1 is 0.733 bits per heavy atom. The average Bonchev–Trinajstić information content (AvgIpc) is 2.33. The molecule has 73 valence electrons. The Kier molecular flexibility index (Phi) is 3.69. The fourth-order valence-electron chi connectivity index (χ4n) is 2.34. The van der Waals surface area contributed by atoms with E-state index >= 15 is 0 Å². The van der Waals surface area contributed by atoms with Crippen molar-refractivity contribution in [2.75, 3.05) is 0 Å². The summed E-state index contributed by atoms with van der Waals surface area (Å²) in [4.78, 5) is 0. The van der Waals surface area contributed by atoms with Gasteiger partial charge in [-0.05, 0) is 0 Å². The van der Waals surface area contributed by atoms with Crippen molar-refractivity contribution in [2.24, 2.45) is 0 Å². The van der Waals surface area contributed by atoms with Crippen molar-refractivity contribution in [3.63, 3.8) is 0 Å². The fourth-order valence-corrected chi connectivity index (χ4v) is 9.28. The molecule has 0 saturated heterocycles. The first-order valence-corrected chi connectivity index (χ1v) is 10.8. The van der Waals surface area contributed by atoms with Crippen LogP contribution in [-0.2, 0) is 16.0 Å². The van der Waals surface area contributed by atoms with E-state index in [-0.39, 0.29) is 0 Å². The van der Waals surface area contributed by atoms with Crippen molar-refractivity contribution in [1.29, 1.82) is 0 Å². The molecule has 0 aliphatic rings. The Labute approximate surface area is 96.9 Å². The van der Waals surface area contributed by atoms with Crippen LogP contribution in [0.25, 0.3) is 0 Å². The zero-order valence-corrected chi connectivity index (χ0v) is 12.2. The molecule has 0 saturated carbocycles. The van der Waals surface area contributed by atoms with Crippen LogP contribution in [0.15, 0.2) is 60.7 Å². The Balaban J connectivity index is 2.34. The van der Waals surface area contributed by atoms with Crippen LogP contribution in [0.5, 0.6) is 0 Å². The molecule has 0 nitrogen and oxygen atoms in total. The summed E-state index contributed by atoms with van der Waals surface area (Å²) in [5.41, 5.74) is 0. The summed E-state index contributed by atoms with van der Waals surface area (Å²) in [7, 11) is 0. The second-order valence-corrected chi connectivity index (χ2v) is 12.5. The molecule has 15 heavy (non-hydrogen) atoms. The molecule has 1 heteroatoms. The first-order valence-electron chi connectivity index (χ1n) is 5.74. The van der Waals surface area contributed by atoms with E-state index in [1.807, 2.05) is 0 Å². The van der Waals surface area contributed by atoms with Crippen LogP contribution in [0.4, 0.5) is 0 Å². The van der Waals surface area contributed by atoms with E-state index in [0.717, 1.165) is 0 Å². The van der Waals surface area contributed by atoms with Gasteiger partial charge < -0.3 is 0 Å². The van der Waals surface area contributed by atoms with E-state index in [4.69, 9.17) is 0 Å². The van der Waals surface area contributed by atoms with Gasteiger partial charge >= 0.3 is 96.9 Å². The van der Waals surface area contributed by atoms with E-state index in [2.05, 4.69) is 67.6 Å².